The Labute approximate surface area is 159 Å². The molecule has 2 rings (SSSR count). The first-order valence-electron chi connectivity index (χ1n) is 8.92. The van der Waals surface area contributed by atoms with Gasteiger partial charge in [0.15, 0.2) is 0 Å². The molecule has 6 heteroatoms. The van der Waals surface area contributed by atoms with E-state index in [-0.39, 0.29) is 36.6 Å². The molecule has 0 spiro atoms. The highest BCUT2D eigenvalue weighted by atomic mass is 19.1. The lowest BCUT2D eigenvalue weighted by molar-refractivity contribution is -0.125. The highest BCUT2D eigenvalue weighted by Gasteiger charge is 2.14. The minimum absolute atomic E-state index is 0.0410. The van der Waals surface area contributed by atoms with E-state index in [1.54, 1.807) is 12.1 Å². The standard InChI is InChI=1S/C21H26FN3O2/c1-25(2)19(12-16-7-4-3-5-8-16)14-23-21(27)15-24-20(26)13-17-9-6-10-18(22)11-17/h3-11,19H,12-15H2,1-2H3,(H,23,27)(H,24,26). The number of halogens is 1. The van der Waals surface area contributed by atoms with Crippen molar-refractivity contribution < 1.29 is 14.0 Å². The fraction of sp³-hybridized carbons (Fsp3) is 0.333. The number of rotatable bonds is 9. The van der Waals surface area contributed by atoms with Gasteiger partial charge in [0.2, 0.25) is 11.8 Å². The predicted molar refractivity (Wildman–Crippen MR) is 104 cm³/mol. The van der Waals surface area contributed by atoms with Crippen LogP contribution in [0.15, 0.2) is 54.6 Å². The van der Waals surface area contributed by atoms with E-state index >= 15 is 0 Å². The Morgan fingerprint density at radius 1 is 0.963 bits per heavy atom. The summed E-state index contributed by atoms with van der Waals surface area (Å²) in [6.45, 7) is 0.389. The third-order valence-corrected chi connectivity index (χ3v) is 4.28. The molecule has 0 fully saturated rings. The number of hydrogen-bond acceptors (Lipinski definition) is 3. The van der Waals surface area contributed by atoms with Crippen molar-refractivity contribution in [2.24, 2.45) is 0 Å². The van der Waals surface area contributed by atoms with E-state index in [0.717, 1.165) is 6.42 Å². The molecule has 0 bridgehead atoms. The van der Waals surface area contributed by atoms with Gasteiger partial charge in [0, 0.05) is 12.6 Å². The lowest BCUT2D eigenvalue weighted by atomic mass is 10.1. The third kappa shape index (κ3) is 7.58. The lowest BCUT2D eigenvalue weighted by Crippen LogP contribution is -2.45. The SMILES string of the molecule is CN(C)C(CNC(=O)CNC(=O)Cc1cccc(F)c1)Cc1ccccc1. The highest BCUT2D eigenvalue weighted by molar-refractivity contribution is 5.85. The van der Waals surface area contributed by atoms with Gasteiger partial charge in [0.05, 0.1) is 13.0 Å². The van der Waals surface area contributed by atoms with Crippen LogP contribution >= 0.6 is 0 Å². The molecule has 27 heavy (non-hydrogen) atoms. The van der Waals surface area contributed by atoms with Gasteiger partial charge in [-0.25, -0.2) is 4.39 Å². The van der Waals surface area contributed by atoms with Gasteiger partial charge < -0.3 is 15.5 Å². The second kappa shape index (κ2) is 10.4. The largest absolute Gasteiger partial charge is 0.353 e. The van der Waals surface area contributed by atoms with Gasteiger partial charge in [-0.15, -0.1) is 0 Å². The van der Waals surface area contributed by atoms with Gasteiger partial charge in [-0.3, -0.25) is 9.59 Å². The van der Waals surface area contributed by atoms with Crippen LogP contribution in [0.4, 0.5) is 4.39 Å². The number of nitrogens with one attached hydrogen (secondary N) is 2. The van der Waals surface area contributed by atoms with Crippen molar-refractivity contribution in [2.75, 3.05) is 27.2 Å². The molecule has 0 saturated heterocycles. The maximum absolute atomic E-state index is 13.1. The van der Waals surface area contributed by atoms with Crippen LogP contribution in [-0.4, -0.2) is 49.9 Å². The minimum Gasteiger partial charge on any atom is -0.353 e. The van der Waals surface area contributed by atoms with Crippen LogP contribution < -0.4 is 10.6 Å². The Balaban J connectivity index is 1.74. The molecular weight excluding hydrogens is 345 g/mol. The van der Waals surface area contributed by atoms with Crippen molar-refractivity contribution in [3.05, 3.63) is 71.5 Å². The average Bonchev–Trinajstić information content (AvgIpc) is 2.64. The van der Waals surface area contributed by atoms with Crippen LogP contribution in [0.5, 0.6) is 0 Å². The van der Waals surface area contributed by atoms with Gasteiger partial charge in [0.25, 0.3) is 0 Å². The number of carbonyl (C=O) groups is 2. The van der Waals surface area contributed by atoms with Gasteiger partial charge in [-0.1, -0.05) is 42.5 Å². The molecule has 0 heterocycles. The van der Waals surface area contributed by atoms with E-state index < -0.39 is 0 Å². The Bertz CT molecular complexity index is 750. The van der Waals surface area contributed by atoms with Crippen LogP contribution in [0.2, 0.25) is 0 Å². The molecule has 2 amide bonds. The maximum atomic E-state index is 13.1. The smallest absolute Gasteiger partial charge is 0.239 e. The van der Waals surface area contributed by atoms with Crippen molar-refractivity contribution in [2.45, 2.75) is 18.9 Å². The van der Waals surface area contributed by atoms with E-state index in [4.69, 9.17) is 0 Å². The fourth-order valence-corrected chi connectivity index (χ4v) is 2.69. The summed E-state index contributed by atoms with van der Waals surface area (Å²) >= 11 is 0. The predicted octanol–water partition coefficient (Wildman–Crippen LogP) is 1.77. The van der Waals surface area contributed by atoms with Crippen LogP contribution in [0.25, 0.3) is 0 Å². The third-order valence-electron chi connectivity index (χ3n) is 4.28. The van der Waals surface area contributed by atoms with Gasteiger partial charge in [0.1, 0.15) is 5.82 Å². The molecule has 2 aromatic carbocycles. The summed E-state index contributed by atoms with van der Waals surface area (Å²) in [6, 6.07) is 16.1. The fourth-order valence-electron chi connectivity index (χ4n) is 2.69. The second-order valence-corrected chi connectivity index (χ2v) is 6.69. The first-order chi connectivity index (χ1) is 12.9. The molecule has 2 N–H and O–H groups in total. The van der Waals surface area contributed by atoms with E-state index in [0.29, 0.717) is 12.1 Å². The van der Waals surface area contributed by atoms with Crippen molar-refractivity contribution in [3.63, 3.8) is 0 Å². The van der Waals surface area contributed by atoms with Crippen molar-refractivity contribution in [1.82, 2.24) is 15.5 Å². The van der Waals surface area contributed by atoms with Crippen LogP contribution in [0.1, 0.15) is 11.1 Å². The average molecular weight is 371 g/mol. The number of carbonyl (C=O) groups excluding carboxylic acids is 2. The molecule has 1 unspecified atom stereocenters. The zero-order valence-corrected chi connectivity index (χ0v) is 15.7. The monoisotopic (exact) mass is 371 g/mol. The van der Waals surface area contributed by atoms with Crippen LogP contribution in [0.3, 0.4) is 0 Å². The summed E-state index contributed by atoms with van der Waals surface area (Å²) < 4.78 is 13.1. The number of nitrogens with zero attached hydrogens (tertiary/aromatic N) is 1. The van der Waals surface area contributed by atoms with E-state index in [9.17, 15) is 14.0 Å². The van der Waals surface area contributed by atoms with E-state index in [2.05, 4.69) is 27.7 Å². The van der Waals surface area contributed by atoms with Crippen molar-refractivity contribution in [1.29, 1.82) is 0 Å². The van der Waals surface area contributed by atoms with E-state index in [1.807, 2.05) is 32.3 Å². The van der Waals surface area contributed by atoms with Crippen molar-refractivity contribution >= 4 is 11.8 Å². The minimum atomic E-state index is -0.383. The molecule has 0 aromatic heterocycles. The van der Waals surface area contributed by atoms with Gasteiger partial charge in [-0.2, -0.15) is 0 Å². The molecule has 0 saturated carbocycles. The molecular formula is C21H26FN3O2. The van der Waals surface area contributed by atoms with Crippen LogP contribution in [0, 0.1) is 5.82 Å². The van der Waals surface area contributed by atoms with E-state index in [1.165, 1.54) is 17.7 Å². The normalized spacial score (nSPS) is 11.9. The number of hydrogen-bond donors (Lipinski definition) is 2. The zero-order chi connectivity index (χ0) is 19.6. The molecule has 0 aliphatic rings. The molecule has 0 radical (unpaired) electrons. The molecule has 1 atom stereocenters. The summed E-state index contributed by atoms with van der Waals surface area (Å²) in [5, 5.41) is 5.42. The quantitative estimate of drug-likeness (QED) is 0.706. The molecule has 144 valence electrons. The first-order valence-corrected chi connectivity index (χ1v) is 8.92. The summed E-state index contributed by atoms with van der Waals surface area (Å²) in [4.78, 5) is 26.0. The molecule has 5 nitrogen and oxygen atoms in total. The van der Waals surface area contributed by atoms with Gasteiger partial charge in [-0.05, 0) is 43.8 Å². The summed E-state index contributed by atoms with van der Waals surface area (Å²) in [5.41, 5.74) is 1.78. The summed E-state index contributed by atoms with van der Waals surface area (Å²) in [5.74, 6) is -0.946. The molecule has 2 aromatic rings. The second-order valence-electron chi connectivity index (χ2n) is 6.69. The number of likely N-dealkylation sites (N-methyl/N-ethyl adjacent to an activating group) is 1. The first kappa shape index (κ1) is 20.6. The maximum Gasteiger partial charge on any atom is 0.239 e. The Morgan fingerprint density at radius 2 is 1.67 bits per heavy atom. The van der Waals surface area contributed by atoms with Gasteiger partial charge >= 0.3 is 0 Å². The zero-order valence-electron chi connectivity index (χ0n) is 15.7. The number of benzene rings is 2. The molecule has 0 aliphatic carbocycles. The topological polar surface area (TPSA) is 61.4 Å². The Hall–Kier alpha value is -2.73. The van der Waals surface area contributed by atoms with Crippen LogP contribution in [-0.2, 0) is 22.4 Å². The Kier molecular flexibility index (Phi) is 7.95. The highest BCUT2D eigenvalue weighted by Crippen LogP contribution is 2.06. The summed E-state index contributed by atoms with van der Waals surface area (Å²) in [6.07, 6.45) is 0.861. The number of amides is 2. The van der Waals surface area contributed by atoms with Crippen molar-refractivity contribution in [3.8, 4) is 0 Å². The lowest BCUT2D eigenvalue weighted by Gasteiger charge is -2.24. The Morgan fingerprint density at radius 3 is 2.33 bits per heavy atom. The summed E-state index contributed by atoms with van der Waals surface area (Å²) in [7, 11) is 3.95. The molecule has 0 aliphatic heterocycles.